The topological polar surface area (TPSA) is 105 Å². The molecule has 1 atom stereocenters. The Hall–Kier alpha value is -0.820. The summed E-state index contributed by atoms with van der Waals surface area (Å²) >= 11 is 0. The van der Waals surface area contributed by atoms with Crippen LogP contribution in [-0.2, 0) is 10.0 Å². The van der Waals surface area contributed by atoms with E-state index < -0.39 is 10.0 Å². The zero-order valence-corrected chi connectivity index (χ0v) is 9.21. The molecule has 0 aliphatic heterocycles. The van der Waals surface area contributed by atoms with Crippen LogP contribution in [0, 0.1) is 5.92 Å². The summed E-state index contributed by atoms with van der Waals surface area (Å²) in [4.78, 5) is 0. The van der Waals surface area contributed by atoms with E-state index in [2.05, 4.69) is 9.88 Å². The lowest BCUT2D eigenvalue weighted by molar-refractivity contribution is 0.314. The Balaban J connectivity index is 4.06. The van der Waals surface area contributed by atoms with Crippen LogP contribution in [0.1, 0.15) is 20.3 Å². The highest BCUT2D eigenvalue weighted by Crippen LogP contribution is 1.95. The van der Waals surface area contributed by atoms with E-state index in [0.29, 0.717) is 6.42 Å². The van der Waals surface area contributed by atoms with Crippen LogP contribution in [0.25, 0.3) is 0 Å². The highest BCUT2D eigenvalue weighted by molar-refractivity contribution is 7.89. The van der Waals surface area contributed by atoms with Gasteiger partial charge >= 0.3 is 0 Å². The van der Waals surface area contributed by atoms with Gasteiger partial charge in [-0.15, -0.1) is 0 Å². The molecule has 84 valence electrons. The standard InChI is InChI=1S/C7H17N3O3S/c1-3-4-14(12,13)9-5-6(2)7(8)10-11/h6,9,11H,3-5H2,1-2H3,(H2,8,10). The predicted molar refractivity (Wildman–Crippen MR) is 54.7 cm³/mol. The van der Waals surface area contributed by atoms with Crippen molar-refractivity contribution in [1.82, 2.24) is 4.72 Å². The van der Waals surface area contributed by atoms with Gasteiger partial charge in [0.1, 0.15) is 5.84 Å². The van der Waals surface area contributed by atoms with Crippen molar-refractivity contribution in [3.63, 3.8) is 0 Å². The monoisotopic (exact) mass is 223 g/mol. The molecule has 14 heavy (non-hydrogen) atoms. The number of oxime groups is 1. The van der Waals surface area contributed by atoms with Crippen LogP contribution in [0.3, 0.4) is 0 Å². The van der Waals surface area contributed by atoms with Crippen LogP contribution in [0.4, 0.5) is 0 Å². The van der Waals surface area contributed by atoms with Crippen molar-refractivity contribution >= 4 is 15.9 Å². The quantitative estimate of drug-likeness (QED) is 0.249. The first kappa shape index (κ1) is 13.2. The van der Waals surface area contributed by atoms with Crippen LogP contribution in [0.2, 0.25) is 0 Å². The number of nitrogens with zero attached hydrogens (tertiary/aromatic N) is 1. The Bertz CT molecular complexity index is 287. The largest absolute Gasteiger partial charge is 0.409 e. The molecule has 0 rings (SSSR count). The number of hydrogen-bond donors (Lipinski definition) is 3. The van der Waals surface area contributed by atoms with Gasteiger partial charge in [-0.25, -0.2) is 13.1 Å². The zero-order chi connectivity index (χ0) is 11.2. The minimum atomic E-state index is -3.21. The van der Waals surface area contributed by atoms with Gasteiger partial charge in [0.05, 0.1) is 5.75 Å². The molecule has 0 heterocycles. The summed E-state index contributed by atoms with van der Waals surface area (Å²) in [5, 5.41) is 11.1. The Kier molecular flexibility index (Phi) is 5.47. The summed E-state index contributed by atoms with van der Waals surface area (Å²) in [7, 11) is -3.21. The van der Waals surface area contributed by atoms with E-state index in [1.807, 2.05) is 0 Å². The smallest absolute Gasteiger partial charge is 0.211 e. The lowest BCUT2D eigenvalue weighted by Gasteiger charge is -2.10. The summed E-state index contributed by atoms with van der Waals surface area (Å²) in [5.41, 5.74) is 5.28. The fourth-order valence-corrected chi connectivity index (χ4v) is 1.98. The molecular weight excluding hydrogens is 206 g/mol. The first-order chi connectivity index (χ1) is 6.43. The summed E-state index contributed by atoms with van der Waals surface area (Å²) in [6, 6.07) is 0. The Labute approximate surface area is 84.2 Å². The molecule has 0 spiro atoms. The first-order valence-corrected chi connectivity index (χ1v) is 6.03. The molecule has 0 aliphatic carbocycles. The molecule has 0 aromatic rings. The molecule has 0 aromatic carbocycles. The van der Waals surface area contributed by atoms with E-state index in [1.165, 1.54) is 0 Å². The lowest BCUT2D eigenvalue weighted by Crippen LogP contribution is -2.35. The molecule has 0 aromatic heterocycles. The molecule has 4 N–H and O–H groups in total. The summed E-state index contributed by atoms with van der Waals surface area (Å²) in [6.07, 6.45) is 0.563. The lowest BCUT2D eigenvalue weighted by atomic mass is 10.2. The Morgan fingerprint density at radius 3 is 2.64 bits per heavy atom. The molecule has 0 bridgehead atoms. The van der Waals surface area contributed by atoms with Crippen molar-refractivity contribution in [3.8, 4) is 0 Å². The Morgan fingerprint density at radius 1 is 1.64 bits per heavy atom. The molecule has 0 saturated carbocycles. The van der Waals surface area contributed by atoms with Gasteiger partial charge in [-0.2, -0.15) is 0 Å². The molecule has 0 radical (unpaired) electrons. The minimum Gasteiger partial charge on any atom is -0.409 e. The maximum atomic E-state index is 11.2. The number of nitrogens with two attached hydrogens (primary N) is 1. The average molecular weight is 223 g/mol. The van der Waals surface area contributed by atoms with Crippen molar-refractivity contribution in [2.24, 2.45) is 16.8 Å². The zero-order valence-electron chi connectivity index (χ0n) is 8.40. The van der Waals surface area contributed by atoms with E-state index in [-0.39, 0.29) is 24.1 Å². The molecule has 6 nitrogen and oxygen atoms in total. The number of nitrogens with one attached hydrogen (secondary N) is 1. The maximum Gasteiger partial charge on any atom is 0.211 e. The summed E-state index contributed by atoms with van der Waals surface area (Å²) < 4.78 is 24.8. The highest BCUT2D eigenvalue weighted by atomic mass is 32.2. The summed E-state index contributed by atoms with van der Waals surface area (Å²) in [5.74, 6) is -0.202. The number of sulfonamides is 1. The van der Waals surface area contributed by atoms with Crippen molar-refractivity contribution in [2.75, 3.05) is 12.3 Å². The third-order valence-corrected chi connectivity index (χ3v) is 3.25. The van der Waals surface area contributed by atoms with Gasteiger partial charge in [0, 0.05) is 12.5 Å². The van der Waals surface area contributed by atoms with E-state index in [1.54, 1.807) is 13.8 Å². The highest BCUT2D eigenvalue weighted by Gasteiger charge is 2.13. The molecular formula is C7H17N3O3S. The maximum absolute atomic E-state index is 11.2. The van der Waals surface area contributed by atoms with Gasteiger partial charge in [0.2, 0.25) is 10.0 Å². The van der Waals surface area contributed by atoms with Crippen LogP contribution in [0.15, 0.2) is 5.16 Å². The van der Waals surface area contributed by atoms with E-state index in [0.717, 1.165) is 0 Å². The number of amidine groups is 1. The van der Waals surface area contributed by atoms with Crippen molar-refractivity contribution in [3.05, 3.63) is 0 Å². The number of rotatable bonds is 6. The molecule has 7 heteroatoms. The van der Waals surface area contributed by atoms with Crippen LogP contribution >= 0.6 is 0 Å². The van der Waals surface area contributed by atoms with Gasteiger partial charge in [-0.1, -0.05) is 19.0 Å². The third kappa shape index (κ3) is 5.03. The van der Waals surface area contributed by atoms with Gasteiger partial charge in [-0.3, -0.25) is 0 Å². The van der Waals surface area contributed by atoms with Crippen molar-refractivity contribution < 1.29 is 13.6 Å². The van der Waals surface area contributed by atoms with Gasteiger partial charge in [-0.05, 0) is 6.42 Å². The first-order valence-electron chi connectivity index (χ1n) is 4.37. The second-order valence-corrected chi connectivity index (χ2v) is 5.02. The summed E-state index contributed by atoms with van der Waals surface area (Å²) in [6.45, 7) is 3.61. The molecule has 1 unspecified atom stereocenters. The number of hydrogen-bond acceptors (Lipinski definition) is 4. The molecule has 0 saturated heterocycles. The van der Waals surface area contributed by atoms with Crippen LogP contribution in [-0.4, -0.2) is 31.8 Å². The second-order valence-electron chi connectivity index (χ2n) is 3.09. The fraction of sp³-hybridized carbons (Fsp3) is 0.857. The van der Waals surface area contributed by atoms with E-state index in [9.17, 15) is 8.42 Å². The normalized spacial score (nSPS) is 15.4. The van der Waals surface area contributed by atoms with Gasteiger partial charge in [0.25, 0.3) is 0 Å². The van der Waals surface area contributed by atoms with Gasteiger partial charge < -0.3 is 10.9 Å². The molecule has 0 aliphatic rings. The SMILES string of the molecule is CCCS(=O)(=O)NCC(C)C(N)=NO. The minimum absolute atomic E-state index is 0.0178. The molecule has 0 fully saturated rings. The van der Waals surface area contributed by atoms with Crippen molar-refractivity contribution in [1.29, 1.82) is 0 Å². The van der Waals surface area contributed by atoms with Gasteiger partial charge in [0.15, 0.2) is 0 Å². The second kappa shape index (κ2) is 5.82. The Morgan fingerprint density at radius 2 is 2.21 bits per heavy atom. The third-order valence-electron chi connectivity index (χ3n) is 1.70. The van der Waals surface area contributed by atoms with Crippen LogP contribution in [0.5, 0.6) is 0 Å². The fourth-order valence-electron chi connectivity index (χ4n) is 0.796. The average Bonchev–Trinajstić information content (AvgIpc) is 2.13. The molecule has 0 amide bonds. The van der Waals surface area contributed by atoms with Crippen LogP contribution < -0.4 is 10.5 Å². The van der Waals surface area contributed by atoms with E-state index in [4.69, 9.17) is 10.9 Å². The van der Waals surface area contributed by atoms with E-state index >= 15 is 0 Å². The predicted octanol–water partition coefficient (Wildman–Crippen LogP) is -0.302. The van der Waals surface area contributed by atoms with Crippen molar-refractivity contribution in [2.45, 2.75) is 20.3 Å².